The van der Waals surface area contributed by atoms with Gasteiger partial charge in [0.2, 0.25) is 11.8 Å². The van der Waals surface area contributed by atoms with Crippen LogP contribution < -0.4 is 11.1 Å². The van der Waals surface area contributed by atoms with E-state index >= 15 is 0 Å². The van der Waals surface area contributed by atoms with Gasteiger partial charge in [0.15, 0.2) is 0 Å². The van der Waals surface area contributed by atoms with Gasteiger partial charge in [-0.15, -0.1) is 0 Å². The van der Waals surface area contributed by atoms with Gasteiger partial charge in [0, 0.05) is 24.5 Å². The van der Waals surface area contributed by atoms with Crippen LogP contribution in [0, 0.1) is 29.1 Å². The van der Waals surface area contributed by atoms with E-state index in [1.165, 1.54) is 6.42 Å². The summed E-state index contributed by atoms with van der Waals surface area (Å²) in [6.07, 6.45) is 9.62. The van der Waals surface area contributed by atoms with Crippen molar-refractivity contribution < 1.29 is 9.59 Å². The van der Waals surface area contributed by atoms with Crippen LogP contribution in [0.3, 0.4) is 0 Å². The zero-order chi connectivity index (χ0) is 18.5. The molecule has 3 aliphatic rings. The fraction of sp³-hybridized carbons (Fsp3) is 0.850. The monoisotopic (exact) mass is 360 g/mol. The average molecular weight is 361 g/mol. The Labute approximate surface area is 156 Å². The van der Waals surface area contributed by atoms with E-state index in [0.29, 0.717) is 0 Å². The lowest BCUT2D eigenvalue weighted by atomic mass is 9.77. The lowest BCUT2D eigenvalue weighted by Crippen LogP contribution is -2.55. The molecule has 0 spiro atoms. The highest BCUT2D eigenvalue weighted by Gasteiger charge is 2.42. The molecule has 6 nitrogen and oxygen atoms in total. The molecule has 0 bridgehead atoms. The van der Waals surface area contributed by atoms with Gasteiger partial charge in [-0.05, 0) is 51.0 Å². The molecule has 26 heavy (non-hydrogen) atoms. The number of nitrogens with zero attached hydrogens (tertiary/aromatic N) is 2. The molecule has 2 saturated carbocycles. The molecule has 3 rings (SSSR count). The molecule has 2 aliphatic carbocycles. The van der Waals surface area contributed by atoms with Crippen molar-refractivity contribution >= 4 is 11.8 Å². The van der Waals surface area contributed by atoms with Gasteiger partial charge in [0.25, 0.3) is 0 Å². The first-order valence-corrected chi connectivity index (χ1v) is 10.3. The van der Waals surface area contributed by atoms with E-state index in [4.69, 9.17) is 5.73 Å². The molecule has 4 atom stereocenters. The van der Waals surface area contributed by atoms with Gasteiger partial charge in [-0.1, -0.05) is 25.7 Å². The molecule has 0 radical (unpaired) electrons. The number of amides is 2. The third-order valence-electron chi connectivity index (χ3n) is 6.60. The predicted octanol–water partition coefficient (Wildman–Crippen LogP) is 1.94. The van der Waals surface area contributed by atoms with E-state index in [0.717, 1.165) is 70.9 Å². The number of nitrogens with one attached hydrogen (secondary N) is 1. The second-order valence-electron chi connectivity index (χ2n) is 8.32. The summed E-state index contributed by atoms with van der Waals surface area (Å²) in [5, 5.41) is 12.7. The summed E-state index contributed by atoms with van der Waals surface area (Å²) in [6.45, 7) is 1.67. The SMILES string of the molecule is N#CC1CCCC(N(C(=O)C(C(N)=O)C2CCCCC2)C2CCNC2)C1. The van der Waals surface area contributed by atoms with E-state index in [1.807, 2.05) is 4.90 Å². The average Bonchev–Trinajstić information content (AvgIpc) is 3.17. The van der Waals surface area contributed by atoms with Gasteiger partial charge in [0.05, 0.1) is 6.07 Å². The summed E-state index contributed by atoms with van der Waals surface area (Å²) >= 11 is 0. The maximum Gasteiger partial charge on any atom is 0.235 e. The Morgan fingerprint density at radius 3 is 2.42 bits per heavy atom. The van der Waals surface area contributed by atoms with E-state index in [2.05, 4.69) is 11.4 Å². The fourth-order valence-corrected chi connectivity index (χ4v) is 5.25. The normalized spacial score (nSPS) is 31.1. The number of nitriles is 1. The molecule has 3 fully saturated rings. The first kappa shape index (κ1) is 19.2. The minimum absolute atomic E-state index is 0.0140. The summed E-state index contributed by atoms with van der Waals surface area (Å²) in [7, 11) is 0. The van der Waals surface area contributed by atoms with Crippen molar-refractivity contribution in [3.8, 4) is 6.07 Å². The Morgan fingerprint density at radius 2 is 1.81 bits per heavy atom. The van der Waals surface area contributed by atoms with Crippen LogP contribution in [0.1, 0.15) is 64.2 Å². The Kier molecular flexibility index (Phi) is 6.53. The molecule has 3 N–H and O–H groups in total. The Bertz CT molecular complexity index is 547. The molecule has 144 valence electrons. The van der Waals surface area contributed by atoms with Crippen molar-refractivity contribution in [1.29, 1.82) is 5.26 Å². The highest BCUT2D eigenvalue weighted by Crippen LogP contribution is 2.35. The Morgan fingerprint density at radius 1 is 1.04 bits per heavy atom. The number of hydrogen-bond donors (Lipinski definition) is 2. The third kappa shape index (κ3) is 4.20. The molecule has 6 heteroatoms. The lowest BCUT2D eigenvalue weighted by Gasteiger charge is -2.42. The highest BCUT2D eigenvalue weighted by atomic mass is 16.2. The van der Waals surface area contributed by atoms with Crippen LogP contribution in [-0.2, 0) is 9.59 Å². The maximum atomic E-state index is 13.6. The number of carbonyl (C=O) groups is 2. The van der Waals surface area contributed by atoms with Crippen molar-refractivity contribution in [3.63, 3.8) is 0 Å². The number of nitrogens with two attached hydrogens (primary N) is 1. The maximum absolute atomic E-state index is 13.6. The van der Waals surface area contributed by atoms with Gasteiger partial charge < -0.3 is 16.0 Å². The van der Waals surface area contributed by atoms with Crippen LogP contribution in [0.2, 0.25) is 0 Å². The van der Waals surface area contributed by atoms with Crippen molar-refractivity contribution in [2.45, 2.75) is 76.3 Å². The van der Waals surface area contributed by atoms with Crippen molar-refractivity contribution in [2.24, 2.45) is 23.5 Å². The van der Waals surface area contributed by atoms with Crippen LogP contribution in [-0.4, -0.2) is 41.9 Å². The molecule has 0 aromatic heterocycles. The molecule has 1 heterocycles. The van der Waals surface area contributed by atoms with Gasteiger partial charge in [0.1, 0.15) is 5.92 Å². The van der Waals surface area contributed by atoms with E-state index < -0.39 is 11.8 Å². The third-order valence-corrected chi connectivity index (χ3v) is 6.60. The zero-order valence-corrected chi connectivity index (χ0v) is 15.7. The van der Waals surface area contributed by atoms with Crippen molar-refractivity contribution in [2.75, 3.05) is 13.1 Å². The molecule has 2 amide bonds. The standard InChI is InChI=1S/C20H32N4O2/c21-12-14-5-4-8-16(11-14)24(17-9-10-23-13-17)20(26)18(19(22)25)15-6-2-1-3-7-15/h14-18,23H,1-11,13H2,(H2,22,25). The molecular weight excluding hydrogens is 328 g/mol. The summed E-state index contributed by atoms with van der Waals surface area (Å²) in [6, 6.07) is 2.58. The van der Waals surface area contributed by atoms with Crippen molar-refractivity contribution in [1.82, 2.24) is 10.2 Å². The van der Waals surface area contributed by atoms with E-state index in [-0.39, 0.29) is 29.8 Å². The predicted molar refractivity (Wildman–Crippen MR) is 98.7 cm³/mol. The first-order valence-electron chi connectivity index (χ1n) is 10.3. The molecular formula is C20H32N4O2. The number of hydrogen-bond acceptors (Lipinski definition) is 4. The quantitative estimate of drug-likeness (QED) is 0.732. The van der Waals surface area contributed by atoms with Crippen LogP contribution in [0.5, 0.6) is 0 Å². The molecule has 1 saturated heterocycles. The number of carbonyl (C=O) groups excluding carboxylic acids is 2. The first-order chi connectivity index (χ1) is 12.6. The van der Waals surface area contributed by atoms with Crippen LogP contribution in [0.4, 0.5) is 0 Å². The molecule has 0 aromatic rings. The van der Waals surface area contributed by atoms with E-state index in [1.54, 1.807) is 0 Å². The van der Waals surface area contributed by atoms with E-state index in [9.17, 15) is 14.9 Å². The van der Waals surface area contributed by atoms with Gasteiger partial charge in [-0.25, -0.2) is 0 Å². The Balaban J connectivity index is 1.83. The minimum atomic E-state index is -0.696. The van der Waals surface area contributed by atoms with Crippen LogP contribution in [0.15, 0.2) is 0 Å². The van der Waals surface area contributed by atoms with Gasteiger partial charge >= 0.3 is 0 Å². The summed E-state index contributed by atoms with van der Waals surface area (Å²) in [5.41, 5.74) is 5.73. The Hall–Kier alpha value is -1.61. The minimum Gasteiger partial charge on any atom is -0.369 e. The highest BCUT2D eigenvalue weighted by molar-refractivity contribution is 6.00. The molecule has 4 unspecified atom stereocenters. The fourth-order valence-electron chi connectivity index (χ4n) is 5.25. The smallest absolute Gasteiger partial charge is 0.235 e. The van der Waals surface area contributed by atoms with Gasteiger partial charge in [-0.3, -0.25) is 9.59 Å². The lowest BCUT2D eigenvalue weighted by molar-refractivity contribution is -0.148. The number of primary amides is 1. The second kappa shape index (κ2) is 8.85. The zero-order valence-electron chi connectivity index (χ0n) is 15.7. The molecule has 1 aliphatic heterocycles. The largest absolute Gasteiger partial charge is 0.369 e. The van der Waals surface area contributed by atoms with Gasteiger partial charge in [-0.2, -0.15) is 5.26 Å². The topological polar surface area (TPSA) is 99.2 Å². The molecule has 0 aromatic carbocycles. The van der Waals surface area contributed by atoms with Crippen LogP contribution >= 0.6 is 0 Å². The van der Waals surface area contributed by atoms with Crippen LogP contribution in [0.25, 0.3) is 0 Å². The summed E-state index contributed by atoms with van der Waals surface area (Å²) in [4.78, 5) is 27.8. The summed E-state index contributed by atoms with van der Waals surface area (Å²) < 4.78 is 0. The second-order valence-corrected chi connectivity index (χ2v) is 8.32. The summed E-state index contributed by atoms with van der Waals surface area (Å²) in [5.74, 6) is -1.13. The number of rotatable bonds is 5. The van der Waals surface area contributed by atoms with Crippen molar-refractivity contribution in [3.05, 3.63) is 0 Å².